The van der Waals surface area contributed by atoms with Gasteiger partial charge in [-0.15, -0.1) is 12.4 Å². The maximum absolute atomic E-state index is 12.3. The van der Waals surface area contributed by atoms with Gasteiger partial charge in [0.15, 0.2) is 0 Å². The normalized spacial score (nSPS) is 19.3. The van der Waals surface area contributed by atoms with Gasteiger partial charge in [0, 0.05) is 12.2 Å². The molecular formula is C16H23ClN2O3. The van der Waals surface area contributed by atoms with Gasteiger partial charge in [0.2, 0.25) is 5.91 Å². The molecular weight excluding hydrogens is 304 g/mol. The van der Waals surface area contributed by atoms with Gasteiger partial charge in [-0.2, -0.15) is 0 Å². The summed E-state index contributed by atoms with van der Waals surface area (Å²) in [5, 5.41) is 12.0. The second-order valence-electron chi connectivity index (χ2n) is 5.80. The number of amides is 1. The molecule has 0 bridgehead atoms. The monoisotopic (exact) mass is 326 g/mol. The zero-order chi connectivity index (χ0) is 15.6. The first-order chi connectivity index (χ1) is 9.88. The second-order valence-corrected chi connectivity index (χ2v) is 5.80. The maximum atomic E-state index is 12.3. The Kier molecular flexibility index (Phi) is 6.38. The standard InChI is InChI=1S/C16H22N2O3.ClH/c1-10-4-5-14(11(2)8-10)17-15(19)12(3)18-7-6-13(9-18)16(20)21;/h4-5,8,12-13H,6-7,9H2,1-3H3,(H,17,19)(H,20,21);1H. The minimum atomic E-state index is -0.778. The van der Waals surface area contributed by atoms with Crippen molar-refractivity contribution in [3.8, 4) is 0 Å². The third-order valence-electron chi connectivity index (χ3n) is 4.14. The van der Waals surface area contributed by atoms with Gasteiger partial charge in [0.25, 0.3) is 0 Å². The molecule has 1 aliphatic rings. The molecule has 1 amide bonds. The van der Waals surface area contributed by atoms with Crippen LogP contribution in [0.5, 0.6) is 0 Å². The van der Waals surface area contributed by atoms with Crippen molar-refractivity contribution in [3.05, 3.63) is 29.3 Å². The smallest absolute Gasteiger partial charge is 0.307 e. The highest BCUT2D eigenvalue weighted by Gasteiger charge is 2.33. The molecule has 6 heteroatoms. The van der Waals surface area contributed by atoms with Crippen LogP contribution < -0.4 is 5.32 Å². The molecule has 1 aliphatic heterocycles. The Balaban J connectivity index is 0.00000242. The second kappa shape index (κ2) is 7.61. The molecule has 1 aromatic rings. The highest BCUT2D eigenvalue weighted by molar-refractivity contribution is 5.95. The molecule has 0 aromatic heterocycles. The predicted molar refractivity (Wildman–Crippen MR) is 88.6 cm³/mol. The number of carbonyl (C=O) groups is 2. The van der Waals surface area contributed by atoms with E-state index in [-0.39, 0.29) is 30.3 Å². The van der Waals surface area contributed by atoms with Crippen molar-refractivity contribution in [1.29, 1.82) is 0 Å². The summed E-state index contributed by atoms with van der Waals surface area (Å²) in [5.41, 5.74) is 2.99. The summed E-state index contributed by atoms with van der Waals surface area (Å²) in [4.78, 5) is 25.2. The third-order valence-corrected chi connectivity index (χ3v) is 4.14. The Morgan fingerprint density at radius 3 is 2.59 bits per heavy atom. The number of anilines is 1. The van der Waals surface area contributed by atoms with E-state index in [4.69, 9.17) is 5.11 Å². The lowest BCUT2D eigenvalue weighted by Gasteiger charge is -2.23. The number of rotatable bonds is 4. The summed E-state index contributed by atoms with van der Waals surface area (Å²) in [6, 6.07) is 5.56. The zero-order valence-electron chi connectivity index (χ0n) is 13.1. The molecule has 0 radical (unpaired) electrons. The number of hydrogen-bond acceptors (Lipinski definition) is 3. The van der Waals surface area contributed by atoms with Gasteiger partial charge in [0.1, 0.15) is 0 Å². The van der Waals surface area contributed by atoms with E-state index in [9.17, 15) is 9.59 Å². The molecule has 1 saturated heterocycles. The molecule has 1 fully saturated rings. The SMILES string of the molecule is Cc1ccc(NC(=O)C(C)N2CCC(C(=O)O)C2)c(C)c1.Cl. The number of hydrogen-bond donors (Lipinski definition) is 2. The number of nitrogens with zero attached hydrogens (tertiary/aromatic N) is 1. The number of likely N-dealkylation sites (tertiary alicyclic amines) is 1. The molecule has 2 unspecified atom stereocenters. The summed E-state index contributed by atoms with van der Waals surface area (Å²) < 4.78 is 0. The van der Waals surface area contributed by atoms with Gasteiger partial charge >= 0.3 is 5.97 Å². The topological polar surface area (TPSA) is 69.6 Å². The third kappa shape index (κ3) is 4.21. The van der Waals surface area contributed by atoms with Crippen LogP contribution in [-0.4, -0.2) is 41.0 Å². The molecule has 22 heavy (non-hydrogen) atoms. The minimum Gasteiger partial charge on any atom is -0.481 e. The van der Waals surface area contributed by atoms with E-state index in [0.29, 0.717) is 19.5 Å². The summed E-state index contributed by atoms with van der Waals surface area (Å²) >= 11 is 0. The van der Waals surface area contributed by atoms with E-state index >= 15 is 0 Å². The number of carboxylic acid groups (broad SMARTS) is 1. The summed E-state index contributed by atoms with van der Waals surface area (Å²) in [6.07, 6.45) is 0.608. The summed E-state index contributed by atoms with van der Waals surface area (Å²) in [6.45, 7) is 6.89. The van der Waals surface area contributed by atoms with Crippen molar-refractivity contribution < 1.29 is 14.7 Å². The van der Waals surface area contributed by atoms with Gasteiger partial charge in [0.05, 0.1) is 12.0 Å². The lowest BCUT2D eigenvalue weighted by molar-refractivity contribution is -0.141. The van der Waals surface area contributed by atoms with E-state index in [0.717, 1.165) is 16.8 Å². The number of halogens is 1. The Labute approximate surface area is 137 Å². The van der Waals surface area contributed by atoms with E-state index in [1.165, 1.54) is 0 Å². The lowest BCUT2D eigenvalue weighted by atomic mass is 10.1. The average molecular weight is 327 g/mol. The molecule has 122 valence electrons. The van der Waals surface area contributed by atoms with Crippen LogP contribution in [0.4, 0.5) is 5.69 Å². The van der Waals surface area contributed by atoms with Crippen molar-refractivity contribution in [2.75, 3.05) is 18.4 Å². The molecule has 2 atom stereocenters. The molecule has 1 heterocycles. The van der Waals surface area contributed by atoms with E-state index in [1.807, 2.05) is 43.9 Å². The summed E-state index contributed by atoms with van der Waals surface area (Å²) in [7, 11) is 0. The largest absolute Gasteiger partial charge is 0.481 e. The van der Waals surface area contributed by atoms with Crippen LogP contribution in [0.2, 0.25) is 0 Å². The lowest BCUT2D eigenvalue weighted by Crippen LogP contribution is -2.41. The van der Waals surface area contributed by atoms with Crippen molar-refractivity contribution in [2.24, 2.45) is 5.92 Å². The van der Waals surface area contributed by atoms with Gasteiger partial charge in [-0.05, 0) is 45.4 Å². The van der Waals surface area contributed by atoms with Crippen LogP contribution in [0.25, 0.3) is 0 Å². The number of nitrogens with one attached hydrogen (secondary N) is 1. The van der Waals surface area contributed by atoms with Crippen LogP contribution in [0.3, 0.4) is 0 Å². The van der Waals surface area contributed by atoms with Crippen molar-refractivity contribution >= 4 is 30.0 Å². The molecule has 2 N–H and O–H groups in total. The van der Waals surface area contributed by atoms with E-state index in [2.05, 4.69) is 5.32 Å². The average Bonchev–Trinajstić information content (AvgIpc) is 2.90. The molecule has 0 aliphatic carbocycles. The van der Waals surface area contributed by atoms with Gasteiger partial charge in [-0.1, -0.05) is 17.7 Å². The highest BCUT2D eigenvalue weighted by atomic mass is 35.5. The quantitative estimate of drug-likeness (QED) is 0.891. The summed E-state index contributed by atoms with van der Waals surface area (Å²) in [5.74, 6) is -1.23. The van der Waals surface area contributed by atoms with Crippen molar-refractivity contribution in [2.45, 2.75) is 33.2 Å². The Hall–Kier alpha value is -1.59. The van der Waals surface area contributed by atoms with Crippen molar-refractivity contribution in [3.63, 3.8) is 0 Å². The van der Waals surface area contributed by atoms with Crippen LogP contribution in [-0.2, 0) is 9.59 Å². The Morgan fingerprint density at radius 2 is 2.05 bits per heavy atom. The number of carbonyl (C=O) groups excluding carboxylic acids is 1. The number of aliphatic carboxylic acids is 1. The number of carboxylic acids is 1. The zero-order valence-corrected chi connectivity index (χ0v) is 13.9. The molecule has 0 spiro atoms. The number of benzene rings is 1. The number of aryl methyl sites for hydroxylation is 2. The first-order valence-corrected chi connectivity index (χ1v) is 7.23. The maximum Gasteiger partial charge on any atom is 0.307 e. The van der Waals surface area contributed by atoms with E-state index in [1.54, 1.807) is 0 Å². The first kappa shape index (κ1) is 18.5. The van der Waals surface area contributed by atoms with Crippen LogP contribution in [0.1, 0.15) is 24.5 Å². The highest BCUT2D eigenvalue weighted by Crippen LogP contribution is 2.21. The Morgan fingerprint density at radius 1 is 1.36 bits per heavy atom. The van der Waals surface area contributed by atoms with Gasteiger partial charge in [-0.3, -0.25) is 14.5 Å². The minimum absolute atomic E-state index is 0. The van der Waals surface area contributed by atoms with Crippen LogP contribution >= 0.6 is 12.4 Å². The Bertz CT molecular complexity index is 562. The van der Waals surface area contributed by atoms with Crippen LogP contribution in [0.15, 0.2) is 18.2 Å². The van der Waals surface area contributed by atoms with Crippen molar-refractivity contribution in [1.82, 2.24) is 4.90 Å². The van der Waals surface area contributed by atoms with E-state index < -0.39 is 5.97 Å². The fourth-order valence-corrected chi connectivity index (χ4v) is 2.70. The van der Waals surface area contributed by atoms with Gasteiger partial charge in [-0.25, -0.2) is 0 Å². The first-order valence-electron chi connectivity index (χ1n) is 7.23. The predicted octanol–water partition coefficient (Wildman–Crippen LogP) is 2.46. The van der Waals surface area contributed by atoms with Crippen LogP contribution in [0, 0.1) is 19.8 Å². The molecule has 2 rings (SSSR count). The van der Waals surface area contributed by atoms with Gasteiger partial charge < -0.3 is 10.4 Å². The fourth-order valence-electron chi connectivity index (χ4n) is 2.70. The molecule has 5 nitrogen and oxygen atoms in total. The molecule has 1 aromatic carbocycles. The molecule has 0 saturated carbocycles. The fraction of sp³-hybridized carbons (Fsp3) is 0.500.